The Morgan fingerprint density at radius 3 is 2.58 bits per heavy atom. The van der Waals surface area contributed by atoms with Gasteiger partial charge in [-0.25, -0.2) is 0 Å². The van der Waals surface area contributed by atoms with Crippen LogP contribution in [0.5, 0.6) is 17.2 Å². The number of terminal acetylenes is 1. The molecule has 3 aromatic rings. The largest absolute Gasteiger partial charge is 0.497 e. The maximum absolute atomic E-state index is 11.5. The molecule has 172 valence electrons. The van der Waals surface area contributed by atoms with Crippen molar-refractivity contribution in [2.75, 3.05) is 27.4 Å². The summed E-state index contributed by atoms with van der Waals surface area (Å²) < 4.78 is 17.9. The predicted molar refractivity (Wildman–Crippen MR) is 125 cm³/mol. The first kappa shape index (κ1) is 24.2. The molecule has 0 radical (unpaired) electrons. The Morgan fingerprint density at radius 1 is 1.24 bits per heavy atom. The second-order valence-electron chi connectivity index (χ2n) is 6.71. The van der Waals surface area contributed by atoms with Crippen molar-refractivity contribution in [3.63, 3.8) is 0 Å². The van der Waals surface area contributed by atoms with Crippen LogP contribution >= 0.6 is 23.4 Å². The molecule has 1 atom stereocenters. The third kappa shape index (κ3) is 5.69. The van der Waals surface area contributed by atoms with Crippen molar-refractivity contribution in [3.8, 4) is 35.3 Å². The summed E-state index contributed by atoms with van der Waals surface area (Å²) >= 11 is 7.60. The quantitative estimate of drug-likeness (QED) is 0.179. The van der Waals surface area contributed by atoms with Crippen LogP contribution in [0, 0.1) is 29.4 Å². The molecule has 2 aromatic carbocycles. The molecule has 0 amide bonds. The van der Waals surface area contributed by atoms with Crippen LogP contribution in [0.1, 0.15) is 16.6 Å². The molecule has 1 heterocycles. The molecule has 0 aliphatic heterocycles. The average Bonchev–Trinajstić information content (AvgIpc) is 3.16. The number of aryl methyl sites for hydroxylation is 1. The summed E-state index contributed by atoms with van der Waals surface area (Å²) in [5, 5.41) is 20.0. The summed E-state index contributed by atoms with van der Waals surface area (Å²) in [6.07, 6.45) is 5.26. The van der Waals surface area contributed by atoms with Crippen LogP contribution in [0.3, 0.4) is 0 Å². The molecule has 3 rings (SSSR count). The number of hydrogen-bond donors (Lipinski definition) is 0. The first-order valence-corrected chi connectivity index (χ1v) is 10.9. The lowest BCUT2D eigenvalue weighted by Crippen LogP contribution is -2.12. The number of hydrogen-bond acceptors (Lipinski definition) is 8. The average molecular weight is 489 g/mol. The van der Waals surface area contributed by atoms with Gasteiger partial charge in [-0.15, -0.1) is 16.6 Å². The van der Waals surface area contributed by atoms with Gasteiger partial charge in [-0.2, -0.15) is 0 Å². The molecule has 0 N–H and O–H groups in total. The second kappa shape index (κ2) is 10.9. The molecule has 0 saturated heterocycles. The minimum Gasteiger partial charge on any atom is -0.497 e. The molecule has 0 spiro atoms. The first-order chi connectivity index (χ1) is 15.9. The van der Waals surface area contributed by atoms with Crippen molar-refractivity contribution < 1.29 is 19.1 Å². The highest BCUT2D eigenvalue weighted by Gasteiger charge is 2.26. The van der Waals surface area contributed by atoms with Gasteiger partial charge in [0.25, 0.3) is 0 Å². The third-order valence-electron chi connectivity index (χ3n) is 4.61. The van der Waals surface area contributed by atoms with Gasteiger partial charge in [0.05, 0.1) is 19.2 Å². The van der Waals surface area contributed by atoms with Crippen LogP contribution in [-0.2, 0) is 0 Å². The van der Waals surface area contributed by atoms with Gasteiger partial charge < -0.3 is 14.2 Å². The van der Waals surface area contributed by atoms with Crippen molar-refractivity contribution in [2.45, 2.75) is 17.3 Å². The highest BCUT2D eigenvalue weighted by atomic mass is 35.5. The molecule has 11 heteroatoms. The van der Waals surface area contributed by atoms with E-state index in [1.165, 1.54) is 18.9 Å². The zero-order valence-electron chi connectivity index (χ0n) is 18.1. The highest BCUT2D eigenvalue weighted by molar-refractivity contribution is 7.99. The van der Waals surface area contributed by atoms with E-state index in [4.69, 9.17) is 32.2 Å². The Hall–Kier alpha value is -3.42. The molecule has 9 nitrogen and oxygen atoms in total. The van der Waals surface area contributed by atoms with Crippen molar-refractivity contribution >= 4 is 23.4 Å². The number of halogens is 1. The first-order valence-electron chi connectivity index (χ1n) is 9.66. The lowest BCUT2D eigenvalue weighted by Gasteiger charge is -2.17. The minimum absolute atomic E-state index is 0.00669. The Balaban J connectivity index is 2.00. The van der Waals surface area contributed by atoms with Gasteiger partial charge in [-0.1, -0.05) is 29.3 Å². The fourth-order valence-electron chi connectivity index (χ4n) is 3.10. The normalized spacial score (nSPS) is 11.5. The fourth-order valence-corrected chi connectivity index (χ4v) is 4.53. The summed E-state index contributed by atoms with van der Waals surface area (Å²) in [6, 6.07) is 10.6. The molecule has 1 aromatic heterocycles. The number of thioether (sulfide) groups is 1. The van der Waals surface area contributed by atoms with E-state index >= 15 is 0 Å². The molecular weight excluding hydrogens is 468 g/mol. The van der Waals surface area contributed by atoms with Gasteiger partial charge in [0.1, 0.15) is 23.4 Å². The number of methoxy groups -OCH3 is 2. The van der Waals surface area contributed by atoms with Crippen LogP contribution in [0.4, 0.5) is 0 Å². The van der Waals surface area contributed by atoms with Gasteiger partial charge in [0.2, 0.25) is 6.54 Å². The van der Waals surface area contributed by atoms with Gasteiger partial charge >= 0.3 is 0 Å². The zero-order valence-corrected chi connectivity index (χ0v) is 19.7. The number of ether oxygens (including phenoxy) is 3. The maximum Gasteiger partial charge on any atom is 0.220 e. The fraction of sp³-hybridized carbons (Fsp3) is 0.273. The van der Waals surface area contributed by atoms with E-state index < -0.39 is 5.25 Å². The van der Waals surface area contributed by atoms with Gasteiger partial charge in [-0.05, 0) is 48.9 Å². The number of nitro groups is 1. The van der Waals surface area contributed by atoms with E-state index in [-0.39, 0.29) is 28.8 Å². The van der Waals surface area contributed by atoms with E-state index in [2.05, 4.69) is 16.1 Å². The van der Waals surface area contributed by atoms with Crippen LogP contribution in [0.25, 0.3) is 5.69 Å². The van der Waals surface area contributed by atoms with E-state index in [0.717, 1.165) is 5.69 Å². The Labute approximate surface area is 200 Å². The highest BCUT2D eigenvalue weighted by Crippen LogP contribution is 2.43. The number of benzene rings is 2. The second-order valence-corrected chi connectivity index (χ2v) is 8.29. The van der Waals surface area contributed by atoms with E-state index in [1.807, 2.05) is 28.8 Å². The predicted octanol–water partition coefficient (Wildman–Crippen LogP) is 4.37. The van der Waals surface area contributed by atoms with Crippen LogP contribution in [-0.4, -0.2) is 47.1 Å². The smallest absolute Gasteiger partial charge is 0.220 e. The number of nitrogens with zero attached hydrogens (tertiary/aromatic N) is 4. The van der Waals surface area contributed by atoms with Crippen LogP contribution in [0.2, 0.25) is 5.02 Å². The number of rotatable bonds is 10. The Kier molecular flexibility index (Phi) is 8.03. The van der Waals surface area contributed by atoms with E-state index in [9.17, 15) is 10.1 Å². The molecule has 0 fully saturated rings. The van der Waals surface area contributed by atoms with E-state index in [0.29, 0.717) is 28.0 Å². The molecule has 0 bridgehead atoms. The van der Waals surface area contributed by atoms with E-state index in [1.54, 1.807) is 26.2 Å². The summed E-state index contributed by atoms with van der Waals surface area (Å²) in [6.45, 7) is 1.44. The summed E-state index contributed by atoms with van der Waals surface area (Å²) in [4.78, 5) is 11.1. The maximum atomic E-state index is 11.5. The van der Waals surface area contributed by atoms with Gasteiger partial charge in [0, 0.05) is 10.6 Å². The molecule has 0 aliphatic rings. The summed E-state index contributed by atoms with van der Waals surface area (Å²) in [5.74, 6) is 4.32. The molecule has 33 heavy (non-hydrogen) atoms. The lowest BCUT2D eigenvalue weighted by atomic mass is 10.1. The van der Waals surface area contributed by atoms with Gasteiger partial charge in [-0.3, -0.25) is 14.7 Å². The van der Waals surface area contributed by atoms with Crippen molar-refractivity contribution in [1.82, 2.24) is 14.8 Å². The molecule has 0 aliphatic carbocycles. The van der Waals surface area contributed by atoms with Crippen LogP contribution < -0.4 is 14.2 Å². The monoisotopic (exact) mass is 488 g/mol. The summed E-state index contributed by atoms with van der Waals surface area (Å²) in [7, 11) is 3.04. The lowest BCUT2D eigenvalue weighted by molar-refractivity contribution is -0.479. The van der Waals surface area contributed by atoms with Crippen molar-refractivity contribution in [2.24, 2.45) is 0 Å². The SMILES string of the molecule is C#CCOc1c(Cl)cc([C@H](C[N+](=O)[O-])Sc2nnc(C)n2-c2ccc(OC)cc2)cc1OC. The topological polar surface area (TPSA) is 102 Å². The Morgan fingerprint density at radius 2 is 1.97 bits per heavy atom. The molecule has 0 saturated carbocycles. The Bertz CT molecular complexity index is 1180. The number of aromatic nitrogens is 3. The minimum atomic E-state index is -0.631. The standard InChI is InChI=1S/C22H21ClN4O5S/c1-5-10-32-21-18(23)11-15(12-19(21)31-4)20(13-26(28)29)33-22-25-24-14(2)27(22)16-6-8-17(30-3)9-7-16/h1,6-9,11-12,20H,10,13H2,2-4H3/t20-/m0/s1. The van der Waals surface area contributed by atoms with Crippen LogP contribution in [0.15, 0.2) is 41.6 Å². The molecular formula is C22H21ClN4O5S. The zero-order chi connectivity index (χ0) is 24.0. The van der Waals surface area contributed by atoms with Crippen molar-refractivity contribution in [3.05, 3.63) is 62.9 Å². The summed E-state index contributed by atoms with van der Waals surface area (Å²) in [5.41, 5.74) is 1.38. The van der Waals surface area contributed by atoms with Gasteiger partial charge in [0.15, 0.2) is 16.7 Å². The third-order valence-corrected chi connectivity index (χ3v) is 6.07. The molecule has 0 unspecified atom stereocenters. The van der Waals surface area contributed by atoms with Crippen molar-refractivity contribution in [1.29, 1.82) is 0 Å².